The van der Waals surface area contributed by atoms with Crippen LogP contribution in [-0.4, -0.2) is 15.1 Å². The van der Waals surface area contributed by atoms with Crippen LogP contribution in [0, 0.1) is 6.92 Å². The number of fused-ring (bicyclic) bond motifs is 1. The predicted octanol–water partition coefficient (Wildman–Crippen LogP) is 2.60. The van der Waals surface area contributed by atoms with E-state index in [4.69, 9.17) is 4.42 Å². The second-order valence-electron chi connectivity index (χ2n) is 4.35. The molecule has 5 nitrogen and oxygen atoms in total. The van der Waals surface area contributed by atoms with Crippen LogP contribution in [0.25, 0.3) is 11.0 Å². The van der Waals surface area contributed by atoms with E-state index < -0.39 is 6.10 Å². The fourth-order valence-electron chi connectivity index (χ4n) is 2.04. The summed E-state index contributed by atoms with van der Waals surface area (Å²) in [5, 5.41) is 10.3. The summed E-state index contributed by atoms with van der Waals surface area (Å²) in [4.78, 5) is 16.6. The van der Waals surface area contributed by atoms with Crippen molar-refractivity contribution in [3.8, 4) is 0 Å². The highest BCUT2D eigenvalue weighted by atomic mass is 79.9. The fraction of sp³-hybridized carbons (Fsp3) is 0.154. The Morgan fingerprint density at radius 2 is 1.95 bits per heavy atom. The monoisotopic (exact) mass is 322 g/mol. The van der Waals surface area contributed by atoms with E-state index in [0.717, 1.165) is 5.76 Å². The smallest absolute Gasteiger partial charge is 0.323 e. The topological polar surface area (TPSA) is 82.0 Å². The number of hydrogen-bond acceptors (Lipinski definition) is 3. The lowest BCUT2D eigenvalue weighted by molar-refractivity contribution is 0.187. The van der Waals surface area contributed by atoms with Gasteiger partial charge < -0.3 is 19.5 Å². The van der Waals surface area contributed by atoms with Crippen LogP contribution < -0.4 is 5.69 Å². The van der Waals surface area contributed by atoms with Crippen molar-refractivity contribution in [2.24, 2.45) is 0 Å². The minimum Gasteiger partial charge on any atom is -0.463 e. The van der Waals surface area contributed by atoms with Gasteiger partial charge in [-0.1, -0.05) is 15.9 Å². The normalized spacial score (nSPS) is 13.0. The predicted molar refractivity (Wildman–Crippen MR) is 74.1 cm³/mol. The third-order valence-electron chi connectivity index (χ3n) is 2.96. The zero-order valence-corrected chi connectivity index (χ0v) is 11.6. The Hall–Kier alpha value is -1.79. The number of aliphatic hydroxyl groups is 1. The standard InChI is InChI=1S/C13H11BrN2O3/c1-6-2-3-11(19-6)12(17)7-4-9-10(5-8(7)14)16-13(18)15-9/h2-5,12,17H,1H3,(H2,15,16,18). The van der Waals surface area contributed by atoms with Crippen molar-refractivity contribution in [3.05, 3.63) is 56.3 Å². The number of benzene rings is 1. The van der Waals surface area contributed by atoms with Gasteiger partial charge in [-0.25, -0.2) is 4.79 Å². The van der Waals surface area contributed by atoms with Crippen molar-refractivity contribution in [2.45, 2.75) is 13.0 Å². The van der Waals surface area contributed by atoms with Crippen molar-refractivity contribution >= 4 is 27.0 Å². The van der Waals surface area contributed by atoms with Crippen LogP contribution in [0.2, 0.25) is 0 Å². The molecule has 0 aliphatic carbocycles. The molecule has 0 amide bonds. The van der Waals surface area contributed by atoms with Gasteiger partial charge in [0.25, 0.3) is 0 Å². The second kappa shape index (κ2) is 4.40. The van der Waals surface area contributed by atoms with Crippen LogP contribution >= 0.6 is 15.9 Å². The highest BCUT2D eigenvalue weighted by molar-refractivity contribution is 9.10. The number of aromatic amines is 2. The quantitative estimate of drug-likeness (QED) is 0.678. The average Bonchev–Trinajstić information content (AvgIpc) is 2.92. The second-order valence-corrected chi connectivity index (χ2v) is 5.20. The van der Waals surface area contributed by atoms with Crippen LogP contribution in [0.1, 0.15) is 23.2 Å². The van der Waals surface area contributed by atoms with Gasteiger partial charge in [0.15, 0.2) is 0 Å². The summed E-state index contributed by atoms with van der Waals surface area (Å²) in [7, 11) is 0. The van der Waals surface area contributed by atoms with Crippen LogP contribution in [0.3, 0.4) is 0 Å². The molecule has 0 radical (unpaired) electrons. The molecule has 0 aliphatic heterocycles. The molecule has 0 aliphatic rings. The van der Waals surface area contributed by atoms with E-state index in [2.05, 4.69) is 25.9 Å². The molecule has 0 bridgehead atoms. The van der Waals surface area contributed by atoms with Gasteiger partial charge in [-0.3, -0.25) is 0 Å². The van der Waals surface area contributed by atoms with E-state index in [9.17, 15) is 9.90 Å². The van der Waals surface area contributed by atoms with Gasteiger partial charge in [0.2, 0.25) is 0 Å². The molecule has 3 N–H and O–H groups in total. The summed E-state index contributed by atoms with van der Waals surface area (Å²) in [6, 6.07) is 7.00. The molecule has 1 unspecified atom stereocenters. The van der Waals surface area contributed by atoms with E-state index in [1.54, 1.807) is 24.3 Å². The Kier molecular flexibility index (Phi) is 2.83. The Labute approximate surface area is 116 Å². The Bertz CT molecular complexity index is 800. The number of imidazole rings is 1. The SMILES string of the molecule is Cc1ccc(C(O)c2cc3[nH]c(=O)[nH]c3cc2Br)o1. The minimum atomic E-state index is -0.883. The zero-order valence-electron chi connectivity index (χ0n) is 10.0. The third-order valence-corrected chi connectivity index (χ3v) is 3.65. The number of aromatic nitrogens is 2. The average molecular weight is 323 g/mol. The molecule has 0 saturated heterocycles. The lowest BCUT2D eigenvalue weighted by atomic mass is 10.1. The van der Waals surface area contributed by atoms with Crippen LogP contribution in [0.4, 0.5) is 0 Å². The molecule has 98 valence electrons. The van der Waals surface area contributed by atoms with Crippen molar-refractivity contribution in [1.29, 1.82) is 0 Å². The number of hydrogen-bond donors (Lipinski definition) is 3. The maximum absolute atomic E-state index is 11.2. The summed E-state index contributed by atoms with van der Waals surface area (Å²) in [5.41, 5.74) is 1.69. The van der Waals surface area contributed by atoms with Crippen molar-refractivity contribution in [2.75, 3.05) is 0 Å². The zero-order chi connectivity index (χ0) is 13.6. The van der Waals surface area contributed by atoms with Gasteiger partial charge in [0.1, 0.15) is 17.6 Å². The molecule has 2 heterocycles. The summed E-state index contributed by atoms with van der Waals surface area (Å²) in [6.45, 7) is 1.82. The number of furan rings is 1. The summed E-state index contributed by atoms with van der Waals surface area (Å²) < 4.78 is 6.13. The van der Waals surface area contributed by atoms with Crippen LogP contribution in [0.5, 0.6) is 0 Å². The lowest BCUT2D eigenvalue weighted by Gasteiger charge is -2.10. The first-order valence-electron chi connectivity index (χ1n) is 5.70. The molecule has 0 spiro atoms. The molecule has 6 heteroatoms. The van der Waals surface area contributed by atoms with Crippen LogP contribution in [-0.2, 0) is 0 Å². The largest absolute Gasteiger partial charge is 0.463 e. The third kappa shape index (κ3) is 2.13. The van der Waals surface area contributed by atoms with Crippen molar-refractivity contribution < 1.29 is 9.52 Å². The van der Waals surface area contributed by atoms with Crippen LogP contribution in [0.15, 0.2) is 37.9 Å². The molecule has 19 heavy (non-hydrogen) atoms. The van der Waals surface area contributed by atoms with Gasteiger partial charge in [0.05, 0.1) is 11.0 Å². The number of aliphatic hydroxyl groups excluding tert-OH is 1. The fourth-order valence-corrected chi connectivity index (χ4v) is 2.60. The molecule has 3 aromatic rings. The van der Waals surface area contributed by atoms with E-state index in [1.165, 1.54) is 0 Å². The van der Waals surface area contributed by atoms with Gasteiger partial charge >= 0.3 is 5.69 Å². The summed E-state index contributed by atoms with van der Waals surface area (Å²) in [5.74, 6) is 1.21. The first kappa shape index (κ1) is 12.3. The van der Waals surface area contributed by atoms with Gasteiger partial charge in [-0.2, -0.15) is 0 Å². The highest BCUT2D eigenvalue weighted by Crippen LogP contribution is 2.31. The van der Waals surface area contributed by atoms with Gasteiger partial charge in [0, 0.05) is 10.0 Å². The molecule has 3 rings (SSSR count). The first-order chi connectivity index (χ1) is 9.04. The Balaban J connectivity index is 2.13. The molecular weight excluding hydrogens is 312 g/mol. The molecule has 0 saturated carbocycles. The van der Waals surface area contributed by atoms with E-state index in [0.29, 0.717) is 26.8 Å². The maximum atomic E-state index is 11.2. The van der Waals surface area contributed by atoms with Gasteiger partial charge in [-0.05, 0) is 31.2 Å². The Morgan fingerprint density at radius 1 is 1.26 bits per heavy atom. The molecule has 1 aromatic carbocycles. The van der Waals surface area contributed by atoms with Crippen molar-refractivity contribution in [3.63, 3.8) is 0 Å². The highest BCUT2D eigenvalue weighted by Gasteiger charge is 2.18. The minimum absolute atomic E-state index is 0.276. The maximum Gasteiger partial charge on any atom is 0.323 e. The molecule has 0 fully saturated rings. The van der Waals surface area contributed by atoms with Crippen molar-refractivity contribution in [1.82, 2.24) is 9.97 Å². The Morgan fingerprint density at radius 3 is 2.58 bits per heavy atom. The number of H-pyrrole nitrogens is 2. The number of rotatable bonds is 2. The summed E-state index contributed by atoms with van der Waals surface area (Å²) >= 11 is 3.39. The molecular formula is C13H11BrN2O3. The van der Waals surface area contributed by atoms with E-state index >= 15 is 0 Å². The molecule has 2 aromatic heterocycles. The molecule has 1 atom stereocenters. The van der Waals surface area contributed by atoms with E-state index in [1.807, 2.05) is 6.92 Å². The lowest BCUT2D eigenvalue weighted by Crippen LogP contribution is -2.00. The van der Waals surface area contributed by atoms with Gasteiger partial charge in [-0.15, -0.1) is 0 Å². The number of halogens is 1. The first-order valence-corrected chi connectivity index (χ1v) is 6.50. The number of aryl methyl sites for hydroxylation is 1. The van der Waals surface area contributed by atoms with E-state index in [-0.39, 0.29) is 5.69 Å². The summed E-state index contributed by atoms with van der Waals surface area (Å²) in [6.07, 6.45) is -0.883. The number of nitrogens with one attached hydrogen (secondary N) is 2.